The number of rotatable bonds is 6. The molecule has 0 bridgehead atoms. The van der Waals surface area contributed by atoms with Gasteiger partial charge in [0, 0.05) is 0 Å². The third-order valence-electron chi connectivity index (χ3n) is 5.00. The van der Waals surface area contributed by atoms with Crippen molar-refractivity contribution >= 4 is 26.8 Å². The van der Waals surface area contributed by atoms with Gasteiger partial charge in [0.15, 0.2) is 0 Å². The Balaban J connectivity index is 2.38. The van der Waals surface area contributed by atoms with Crippen molar-refractivity contribution in [2.75, 3.05) is 18.9 Å². The summed E-state index contributed by atoms with van der Waals surface area (Å²) < 4.78 is 5.44. The number of ether oxygens (including phenoxy) is 1. The molecule has 124 valence electrons. The molecule has 2 rings (SSSR count). The van der Waals surface area contributed by atoms with Crippen molar-refractivity contribution in [3.8, 4) is 0 Å². The van der Waals surface area contributed by atoms with E-state index >= 15 is 0 Å². The summed E-state index contributed by atoms with van der Waals surface area (Å²) in [5, 5.41) is -2.31. The number of hydrogen-bond acceptors (Lipinski definition) is 2. The second-order valence-electron chi connectivity index (χ2n) is 6.50. The average Bonchev–Trinajstić information content (AvgIpc) is 2.49. The van der Waals surface area contributed by atoms with Gasteiger partial charge in [-0.15, -0.1) is 0 Å². The zero-order valence-electron chi connectivity index (χ0n) is 13.8. The monoisotopic (exact) mass is 386 g/mol. The fourth-order valence-electron chi connectivity index (χ4n) is 3.98. The van der Waals surface area contributed by atoms with Gasteiger partial charge in [0.2, 0.25) is 0 Å². The van der Waals surface area contributed by atoms with Crippen molar-refractivity contribution in [3.05, 3.63) is 35.9 Å². The summed E-state index contributed by atoms with van der Waals surface area (Å²) in [6, 6.07) is 10.6. The van der Waals surface area contributed by atoms with Crippen molar-refractivity contribution < 1.29 is 9.53 Å². The van der Waals surface area contributed by atoms with Crippen LogP contribution in [0.2, 0.25) is 0 Å². The van der Waals surface area contributed by atoms with Crippen molar-refractivity contribution in [2.24, 2.45) is 0 Å². The van der Waals surface area contributed by atoms with Crippen LogP contribution >= 0.6 is 20.8 Å². The predicted octanol–water partition coefficient (Wildman–Crippen LogP) is 5.58. The molecule has 1 aliphatic heterocycles. The van der Waals surface area contributed by atoms with E-state index in [9.17, 15) is 4.79 Å². The fourth-order valence-corrected chi connectivity index (χ4v) is 13.6. The molecular formula is C18H28BrO2P. The molecule has 1 aliphatic rings. The zero-order chi connectivity index (χ0) is 16.1. The van der Waals surface area contributed by atoms with Crippen LogP contribution in [0.4, 0.5) is 0 Å². The van der Waals surface area contributed by atoms with Gasteiger partial charge < -0.3 is 0 Å². The Kier molecular flexibility index (Phi) is 6.07. The molecule has 1 fully saturated rings. The van der Waals surface area contributed by atoms with Crippen molar-refractivity contribution in [2.45, 2.75) is 51.4 Å². The SMILES string of the molecule is CCOC(=O)C(CC)P1(Br)(Cc2ccccc2)CCCCC1. The minimum absolute atomic E-state index is 0.0115. The summed E-state index contributed by atoms with van der Waals surface area (Å²) in [6.45, 7) is 4.51. The molecule has 0 aliphatic carbocycles. The van der Waals surface area contributed by atoms with E-state index in [2.05, 4.69) is 52.7 Å². The number of carbonyl (C=O) groups is 1. The van der Waals surface area contributed by atoms with E-state index in [-0.39, 0.29) is 11.6 Å². The van der Waals surface area contributed by atoms with Crippen LogP contribution < -0.4 is 0 Å². The molecular weight excluding hydrogens is 359 g/mol. The number of halogens is 1. The van der Waals surface area contributed by atoms with Gasteiger partial charge in [0.05, 0.1) is 0 Å². The van der Waals surface area contributed by atoms with Crippen LogP contribution in [-0.2, 0) is 15.7 Å². The first-order chi connectivity index (χ1) is 10.5. The topological polar surface area (TPSA) is 26.3 Å². The van der Waals surface area contributed by atoms with Crippen LogP contribution in [0.3, 0.4) is 0 Å². The van der Waals surface area contributed by atoms with Crippen molar-refractivity contribution in [1.29, 1.82) is 0 Å². The van der Waals surface area contributed by atoms with Gasteiger partial charge in [-0.05, 0) is 0 Å². The van der Waals surface area contributed by atoms with E-state index in [1.807, 2.05) is 6.92 Å². The predicted molar refractivity (Wildman–Crippen MR) is 100 cm³/mol. The summed E-state index contributed by atoms with van der Waals surface area (Å²) in [7, 11) is 0. The molecule has 1 aromatic carbocycles. The van der Waals surface area contributed by atoms with Crippen LogP contribution in [0, 0.1) is 0 Å². The van der Waals surface area contributed by atoms with Crippen LogP contribution in [0.1, 0.15) is 45.1 Å². The first-order valence-corrected chi connectivity index (χ1v) is 13.3. The maximum atomic E-state index is 12.7. The quantitative estimate of drug-likeness (QED) is 0.471. The van der Waals surface area contributed by atoms with Crippen LogP contribution in [-0.4, -0.2) is 30.6 Å². The minimum atomic E-state index is -2.31. The second-order valence-corrected chi connectivity index (χ2v) is 17.4. The van der Waals surface area contributed by atoms with E-state index in [1.54, 1.807) is 0 Å². The molecule has 0 amide bonds. The fraction of sp³-hybridized carbons (Fsp3) is 0.611. The Labute approximate surface area is 142 Å². The van der Waals surface area contributed by atoms with Gasteiger partial charge in [-0.25, -0.2) is 0 Å². The molecule has 0 aromatic heterocycles. The molecule has 2 nitrogen and oxygen atoms in total. The van der Waals surface area contributed by atoms with E-state index in [0.717, 1.165) is 24.9 Å². The maximum absolute atomic E-state index is 12.7. The summed E-state index contributed by atoms with van der Waals surface area (Å²) >= 11 is 4.27. The molecule has 1 saturated heterocycles. The van der Waals surface area contributed by atoms with Gasteiger partial charge in [-0.2, -0.15) is 0 Å². The van der Waals surface area contributed by atoms with E-state index < -0.39 is 5.31 Å². The van der Waals surface area contributed by atoms with E-state index in [0.29, 0.717) is 6.61 Å². The second kappa shape index (κ2) is 7.45. The van der Waals surface area contributed by atoms with Gasteiger partial charge in [0.25, 0.3) is 0 Å². The normalized spacial score (nSPS) is 23.0. The Morgan fingerprint density at radius 3 is 2.36 bits per heavy atom. The van der Waals surface area contributed by atoms with Crippen LogP contribution in [0.5, 0.6) is 0 Å². The van der Waals surface area contributed by atoms with Gasteiger partial charge in [0.1, 0.15) is 0 Å². The molecule has 1 aromatic rings. The molecule has 0 saturated carbocycles. The molecule has 0 spiro atoms. The van der Waals surface area contributed by atoms with Gasteiger partial charge in [-0.1, -0.05) is 0 Å². The molecule has 0 radical (unpaired) electrons. The molecule has 1 heterocycles. The van der Waals surface area contributed by atoms with Crippen molar-refractivity contribution in [3.63, 3.8) is 0 Å². The Bertz CT molecular complexity index is 497. The number of carbonyl (C=O) groups excluding carboxylic acids is 1. The first-order valence-electron chi connectivity index (χ1n) is 8.45. The van der Waals surface area contributed by atoms with Gasteiger partial charge in [-0.3, -0.25) is 0 Å². The number of hydrogen-bond donors (Lipinski definition) is 0. The first kappa shape index (κ1) is 17.9. The number of esters is 1. The summed E-state index contributed by atoms with van der Waals surface area (Å²) in [5.74, 6) is 0.0115. The Morgan fingerprint density at radius 2 is 1.82 bits per heavy atom. The van der Waals surface area contributed by atoms with Crippen LogP contribution in [0.25, 0.3) is 0 Å². The van der Waals surface area contributed by atoms with Crippen LogP contribution in [0.15, 0.2) is 30.3 Å². The molecule has 4 heteroatoms. The third-order valence-corrected chi connectivity index (χ3v) is 15.4. The average molecular weight is 387 g/mol. The number of benzene rings is 1. The molecule has 22 heavy (non-hydrogen) atoms. The van der Waals surface area contributed by atoms with Crippen molar-refractivity contribution in [1.82, 2.24) is 0 Å². The summed E-state index contributed by atoms with van der Waals surface area (Å²) in [4.78, 5) is 12.7. The van der Waals surface area contributed by atoms with E-state index in [1.165, 1.54) is 24.8 Å². The van der Waals surface area contributed by atoms with E-state index in [4.69, 9.17) is 4.74 Å². The molecule has 1 unspecified atom stereocenters. The van der Waals surface area contributed by atoms with Gasteiger partial charge >= 0.3 is 142 Å². The molecule has 0 N–H and O–H groups in total. The Morgan fingerprint density at radius 1 is 1.18 bits per heavy atom. The zero-order valence-corrected chi connectivity index (χ0v) is 16.2. The summed E-state index contributed by atoms with van der Waals surface area (Å²) in [6.07, 6.45) is 7.96. The summed E-state index contributed by atoms with van der Waals surface area (Å²) in [5.41, 5.74) is 1.38. The standard InChI is InChI=1S/C18H28BrO2P/c1-3-17(18(20)21-4-2)22(19,13-9-6-10-14-22)15-16-11-7-5-8-12-16/h5,7-8,11-12,17H,3-4,6,9-10,13-15H2,1-2H3. The Hall–Kier alpha value is -0.400. The third kappa shape index (κ3) is 3.74. The molecule has 1 atom stereocenters.